The summed E-state index contributed by atoms with van der Waals surface area (Å²) >= 11 is 0. The van der Waals surface area contributed by atoms with E-state index in [0.717, 1.165) is 6.07 Å². The van der Waals surface area contributed by atoms with E-state index in [-0.39, 0.29) is 29.4 Å². The highest BCUT2D eigenvalue weighted by Crippen LogP contribution is 2.43. The van der Waals surface area contributed by atoms with Crippen molar-refractivity contribution in [3.63, 3.8) is 0 Å². The molecule has 30 heavy (non-hydrogen) atoms. The van der Waals surface area contributed by atoms with Crippen molar-refractivity contribution in [2.24, 2.45) is 0 Å². The number of hydrogen-bond donors (Lipinski definition) is 6. The number of Topliss-reactive ketones (excluding diaryl/α,β-unsaturated/α-hetero) is 1. The fraction of sp³-hybridized carbons (Fsp3) is 0.350. The van der Waals surface area contributed by atoms with E-state index in [9.17, 15) is 35.4 Å². The molecule has 0 aliphatic carbocycles. The molecule has 10 heteroatoms. The molecule has 2 aromatic rings. The van der Waals surface area contributed by atoms with Gasteiger partial charge in [-0.3, -0.25) is 4.79 Å². The number of benzene rings is 2. The summed E-state index contributed by atoms with van der Waals surface area (Å²) in [7, 11) is 0. The van der Waals surface area contributed by atoms with E-state index in [1.54, 1.807) is 0 Å². The molecule has 0 aromatic heterocycles. The number of rotatable bonds is 3. The van der Waals surface area contributed by atoms with Gasteiger partial charge in [0.25, 0.3) is 0 Å². The van der Waals surface area contributed by atoms with Gasteiger partial charge in [-0.25, -0.2) is 0 Å². The second kappa shape index (κ2) is 7.74. The zero-order valence-corrected chi connectivity index (χ0v) is 15.5. The predicted octanol–water partition coefficient (Wildman–Crippen LogP) is -0.0560. The van der Waals surface area contributed by atoms with Crippen LogP contribution in [0.25, 0.3) is 0 Å². The molecule has 1 fully saturated rings. The molecule has 0 bridgehead atoms. The Morgan fingerprint density at radius 3 is 2.33 bits per heavy atom. The minimum absolute atomic E-state index is 0.0165. The molecule has 0 amide bonds. The summed E-state index contributed by atoms with van der Waals surface area (Å²) in [6.07, 6.45) is -8.48. The Balaban J connectivity index is 1.72. The van der Waals surface area contributed by atoms with Gasteiger partial charge in [-0.05, 0) is 17.7 Å². The summed E-state index contributed by atoms with van der Waals surface area (Å²) in [5.74, 6) is -1.63. The molecule has 10 nitrogen and oxygen atoms in total. The van der Waals surface area contributed by atoms with Crippen LogP contribution in [-0.4, -0.2) is 73.7 Å². The van der Waals surface area contributed by atoms with E-state index in [1.807, 2.05) is 0 Å². The van der Waals surface area contributed by atoms with Gasteiger partial charge in [-0.15, -0.1) is 0 Å². The number of ether oxygens (including phenoxy) is 3. The molecule has 0 radical (unpaired) electrons. The van der Waals surface area contributed by atoms with Gasteiger partial charge >= 0.3 is 0 Å². The van der Waals surface area contributed by atoms with Crippen molar-refractivity contribution in [3.8, 4) is 23.0 Å². The smallest absolute Gasteiger partial charge is 0.203 e. The quantitative estimate of drug-likeness (QED) is 0.396. The SMILES string of the molecule is O=C1c2c(O)cc(O)cc2O[C@H](c2ccc(O)cc2)[C@H]1O[C@@H]1OC[C@@H](O)[C@H](O)[C@H]1O. The van der Waals surface area contributed by atoms with Crippen molar-refractivity contribution in [1.82, 2.24) is 0 Å². The molecule has 4 rings (SSSR count). The summed E-state index contributed by atoms with van der Waals surface area (Å²) < 4.78 is 16.7. The molecule has 1 saturated heterocycles. The van der Waals surface area contributed by atoms with Gasteiger partial charge in [0.15, 0.2) is 18.5 Å². The summed E-state index contributed by atoms with van der Waals surface area (Å²) in [4.78, 5) is 13.2. The monoisotopic (exact) mass is 420 g/mol. The summed E-state index contributed by atoms with van der Waals surface area (Å²) in [6, 6.07) is 7.89. The Hall–Kier alpha value is -2.89. The van der Waals surface area contributed by atoms with Crippen LogP contribution in [0.5, 0.6) is 23.0 Å². The molecular weight excluding hydrogens is 400 g/mol. The third kappa shape index (κ3) is 3.55. The Morgan fingerprint density at radius 1 is 0.933 bits per heavy atom. The zero-order valence-electron chi connectivity index (χ0n) is 15.5. The third-order valence-corrected chi connectivity index (χ3v) is 5.06. The van der Waals surface area contributed by atoms with Crippen LogP contribution in [0.15, 0.2) is 36.4 Å². The van der Waals surface area contributed by atoms with E-state index in [2.05, 4.69) is 0 Å². The molecule has 2 aliphatic rings. The van der Waals surface area contributed by atoms with Crippen LogP contribution >= 0.6 is 0 Å². The first-order valence-electron chi connectivity index (χ1n) is 9.13. The number of phenols is 3. The minimum Gasteiger partial charge on any atom is -0.508 e. The van der Waals surface area contributed by atoms with Crippen LogP contribution in [-0.2, 0) is 9.47 Å². The van der Waals surface area contributed by atoms with E-state index in [4.69, 9.17) is 14.2 Å². The van der Waals surface area contributed by atoms with Crippen molar-refractivity contribution in [2.75, 3.05) is 6.61 Å². The maximum Gasteiger partial charge on any atom is 0.203 e. The summed E-state index contributed by atoms with van der Waals surface area (Å²) in [5.41, 5.74) is 0.198. The number of aromatic hydroxyl groups is 3. The molecule has 0 saturated carbocycles. The van der Waals surface area contributed by atoms with Gasteiger partial charge in [0, 0.05) is 12.1 Å². The molecule has 6 atom stereocenters. The van der Waals surface area contributed by atoms with Gasteiger partial charge in [0.2, 0.25) is 5.78 Å². The molecule has 2 aromatic carbocycles. The summed E-state index contributed by atoms with van der Waals surface area (Å²) in [6.45, 7) is -0.329. The molecular formula is C20H20O10. The first-order valence-corrected chi connectivity index (χ1v) is 9.13. The third-order valence-electron chi connectivity index (χ3n) is 5.06. The number of phenolic OH excluding ortho intramolecular Hbond substituents is 3. The first-order chi connectivity index (χ1) is 14.3. The van der Waals surface area contributed by atoms with Crippen molar-refractivity contribution < 1.29 is 49.6 Å². The number of ketones is 1. The van der Waals surface area contributed by atoms with E-state index < -0.39 is 48.3 Å². The Labute approximate surface area is 170 Å². The molecule has 0 spiro atoms. The second-order valence-electron chi connectivity index (χ2n) is 7.14. The van der Waals surface area contributed by atoms with Crippen LogP contribution in [0.2, 0.25) is 0 Å². The normalized spacial score (nSPS) is 31.1. The lowest BCUT2D eigenvalue weighted by molar-refractivity contribution is -0.283. The lowest BCUT2D eigenvalue weighted by Crippen LogP contribution is -2.56. The highest BCUT2D eigenvalue weighted by atomic mass is 16.7. The highest BCUT2D eigenvalue weighted by Gasteiger charge is 2.46. The average Bonchev–Trinajstić information content (AvgIpc) is 2.70. The fourth-order valence-electron chi connectivity index (χ4n) is 3.49. The van der Waals surface area contributed by atoms with Gasteiger partial charge in [-0.1, -0.05) is 12.1 Å². The van der Waals surface area contributed by atoms with Gasteiger partial charge in [0.05, 0.1) is 6.61 Å². The molecule has 2 heterocycles. The zero-order chi connectivity index (χ0) is 21.6. The molecule has 160 valence electrons. The van der Waals surface area contributed by atoms with Crippen LogP contribution in [0.1, 0.15) is 22.0 Å². The number of hydrogen-bond acceptors (Lipinski definition) is 10. The lowest BCUT2D eigenvalue weighted by atomic mass is 9.92. The number of aliphatic hydroxyl groups is 3. The molecule has 2 aliphatic heterocycles. The maximum atomic E-state index is 13.2. The Morgan fingerprint density at radius 2 is 1.63 bits per heavy atom. The van der Waals surface area contributed by atoms with Crippen molar-refractivity contribution in [2.45, 2.75) is 36.8 Å². The number of carbonyl (C=O) groups is 1. The minimum atomic E-state index is -1.64. The average molecular weight is 420 g/mol. The molecule has 0 unspecified atom stereocenters. The van der Waals surface area contributed by atoms with E-state index >= 15 is 0 Å². The lowest BCUT2D eigenvalue weighted by Gasteiger charge is -2.39. The Kier molecular flexibility index (Phi) is 5.26. The highest BCUT2D eigenvalue weighted by molar-refractivity contribution is 6.05. The first kappa shape index (κ1) is 20.4. The topological polar surface area (TPSA) is 166 Å². The summed E-state index contributed by atoms with van der Waals surface area (Å²) in [5, 5.41) is 59.1. The van der Waals surface area contributed by atoms with E-state index in [1.165, 1.54) is 30.3 Å². The number of fused-ring (bicyclic) bond motifs is 1. The van der Waals surface area contributed by atoms with Crippen molar-refractivity contribution in [1.29, 1.82) is 0 Å². The Bertz CT molecular complexity index is 943. The van der Waals surface area contributed by atoms with Crippen LogP contribution in [0.4, 0.5) is 0 Å². The number of carbonyl (C=O) groups excluding carboxylic acids is 1. The van der Waals surface area contributed by atoms with Gasteiger partial charge in [0.1, 0.15) is 46.9 Å². The predicted molar refractivity (Wildman–Crippen MR) is 98.2 cm³/mol. The molecule has 6 N–H and O–H groups in total. The maximum absolute atomic E-state index is 13.2. The fourth-order valence-corrected chi connectivity index (χ4v) is 3.49. The van der Waals surface area contributed by atoms with Crippen LogP contribution < -0.4 is 4.74 Å². The van der Waals surface area contributed by atoms with Gasteiger partial charge < -0.3 is 44.8 Å². The van der Waals surface area contributed by atoms with Crippen molar-refractivity contribution in [3.05, 3.63) is 47.5 Å². The van der Waals surface area contributed by atoms with Crippen LogP contribution in [0.3, 0.4) is 0 Å². The van der Waals surface area contributed by atoms with Gasteiger partial charge in [-0.2, -0.15) is 0 Å². The van der Waals surface area contributed by atoms with Crippen molar-refractivity contribution >= 4 is 5.78 Å². The second-order valence-corrected chi connectivity index (χ2v) is 7.14. The van der Waals surface area contributed by atoms with E-state index in [0.29, 0.717) is 5.56 Å². The number of aliphatic hydroxyl groups excluding tert-OH is 3. The standard InChI is InChI=1S/C20H20O10/c21-9-3-1-8(2-4-9)18-19(30-20-17(27)15(25)12(24)7-28-20)16(26)14-11(23)5-10(22)6-13(14)29-18/h1-6,12,15,17-25,27H,7H2/t12-,15+,17-,18-,19+,20+/m1/s1. The largest absolute Gasteiger partial charge is 0.508 e. The van der Waals surface area contributed by atoms with Crippen LogP contribution in [0, 0.1) is 0 Å².